The molecule has 1 fully saturated rings. The van der Waals surface area contributed by atoms with Gasteiger partial charge in [0, 0.05) is 18.7 Å². The van der Waals surface area contributed by atoms with E-state index in [4.69, 9.17) is 16.3 Å². The van der Waals surface area contributed by atoms with Crippen LogP contribution in [0.25, 0.3) is 0 Å². The van der Waals surface area contributed by atoms with Gasteiger partial charge in [0.2, 0.25) is 0 Å². The third-order valence-electron chi connectivity index (χ3n) is 3.43. The van der Waals surface area contributed by atoms with Gasteiger partial charge in [-0.3, -0.25) is 4.79 Å². The number of hydrogen-bond acceptors (Lipinski definition) is 3. The molecule has 1 aliphatic rings. The lowest BCUT2D eigenvalue weighted by Gasteiger charge is -2.30. The lowest BCUT2D eigenvalue weighted by atomic mass is 9.95. The highest BCUT2D eigenvalue weighted by atomic mass is 35.5. The molecule has 1 heterocycles. The first-order chi connectivity index (χ1) is 9.56. The second-order valence-corrected chi connectivity index (χ2v) is 5.42. The van der Waals surface area contributed by atoms with Crippen molar-refractivity contribution < 1.29 is 13.9 Å². The number of nitrogens with one attached hydrogen (secondary N) is 2. The molecule has 118 valence electrons. The number of rotatable bonds is 4. The Morgan fingerprint density at radius 3 is 3.00 bits per heavy atom. The minimum absolute atomic E-state index is 0. The molecule has 2 N–H and O–H groups in total. The highest BCUT2D eigenvalue weighted by Gasteiger charge is 2.22. The van der Waals surface area contributed by atoms with Crippen LogP contribution >= 0.6 is 24.0 Å². The zero-order chi connectivity index (χ0) is 14.5. The minimum atomic E-state index is -0.509. The molecule has 0 spiro atoms. The summed E-state index contributed by atoms with van der Waals surface area (Å²) in [6.45, 7) is 3.77. The van der Waals surface area contributed by atoms with Crippen LogP contribution in [0.1, 0.15) is 13.3 Å². The van der Waals surface area contributed by atoms with Crippen molar-refractivity contribution in [3.63, 3.8) is 0 Å². The van der Waals surface area contributed by atoms with Gasteiger partial charge in [-0.1, -0.05) is 18.5 Å². The van der Waals surface area contributed by atoms with Crippen LogP contribution in [0.15, 0.2) is 18.2 Å². The molecule has 2 rings (SSSR count). The van der Waals surface area contributed by atoms with Gasteiger partial charge in [0.25, 0.3) is 5.91 Å². The van der Waals surface area contributed by atoms with Crippen molar-refractivity contribution >= 4 is 29.9 Å². The number of amides is 1. The maximum Gasteiger partial charge on any atom is 0.258 e. The molecule has 2 atom stereocenters. The summed E-state index contributed by atoms with van der Waals surface area (Å²) in [4.78, 5) is 11.8. The summed E-state index contributed by atoms with van der Waals surface area (Å²) in [5.41, 5.74) is 0. The number of ether oxygens (including phenoxy) is 1. The van der Waals surface area contributed by atoms with E-state index in [9.17, 15) is 9.18 Å². The van der Waals surface area contributed by atoms with Crippen molar-refractivity contribution in [1.82, 2.24) is 10.6 Å². The zero-order valence-electron chi connectivity index (χ0n) is 11.7. The average molecular weight is 337 g/mol. The summed E-state index contributed by atoms with van der Waals surface area (Å²) < 4.78 is 18.3. The molecule has 1 aliphatic heterocycles. The standard InChI is InChI=1S/C14H18ClFN2O2.ClH/c1-9-4-5-17-7-13(9)18-14(19)8-20-10-2-3-12(16)11(15)6-10;/h2-3,6,9,13,17H,4-5,7-8H2,1H3,(H,18,19);1H. The van der Waals surface area contributed by atoms with E-state index in [2.05, 4.69) is 17.6 Å². The van der Waals surface area contributed by atoms with Crippen molar-refractivity contribution in [2.24, 2.45) is 5.92 Å². The molecule has 21 heavy (non-hydrogen) atoms. The van der Waals surface area contributed by atoms with Crippen LogP contribution in [0.5, 0.6) is 5.75 Å². The topological polar surface area (TPSA) is 50.4 Å². The summed E-state index contributed by atoms with van der Waals surface area (Å²) in [6.07, 6.45) is 1.04. The Morgan fingerprint density at radius 1 is 1.57 bits per heavy atom. The van der Waals surface area contributed by atoms with Gasteiger partial charge in [0.1, 0.15) is 11.6 Å². The predicted octanol–water partition coefficient (Wildman–Crippen LogP) is 2.39. The third kappa shape index (κ3) is 5.34. The normalized spacial score (nSPS) is 21.3. The maximum atomic E-state index is 13.0. The number of hydrogen-bond donors (Lipinski definition) is 2. The summed E-state index contributed by atoms with van der Waals surface area (Å²) in [7, 11) is 0. The van der Waals surface area contributed by atoms with Crippen LogP contribution < -0.4 is 15.4 Å². The molecule has 2 unspecified atom stereocenters. The van der Waals surface area contributed by atoms with Crippen LogP contribution in [-0.4, -0.2) is 31.6 Å². The lowest BCUT2D eigenvalue weighted by Crippen LogP contribution is -2.51. The van der Waals surface area contributed by atoms with Gasteiger partial charge < -0.3 is 15.4 Å². The van der Waals surface area contributed by atoms with E-state index in [1.807, 2.05) is 0 Å². The molecular formula is C14H19Cl2FN2O2. The van der Waals surface area contributed by atoms with E-state index in [0.717, 1.165) is 19.5 Å². The molecule has 1 amide bonds. The second kappa shape index (κ2) is 8.41. The van der Waals surface area contributed by atoms with Crippen molar-refractivity contribution in [2.45, 2.75) is 19.4 Å². The van der Waals surface area contributed by atoms with Crippen LogP contribution in [0.2, 0.25) is 5.02 Å². The van der Waals surface area contributed by atoms with E-state index >= 15 is 0 Å². The van der Waals surface area contributed by atoms with Crippen LogP contribution in [0.3, 0.4) is 0 Å². The molecule has 0 aliphatic carbocycles. The molecule has 0 radical (unpaired) electrons. The Kier molecular flexibility index (Phi) is 7.22. The van der Waals surface area contributed by atoms with Gasteiger partial charge >= 0.3 is 0 Å². The first-order valence-corrected chi connectivity index (χ1v) is 7.02. The van der Waals surface area contributed by atoms with Gasteiger partial charge in [-0.05, 0) is 31.0 Å². The fourth-order valence-corrected chi connectivity index (χ4v) is 2.32. The lowest BCUT2D eigenvalue weighted by molar-refractivity contribution is -0.124. The quantitative estimate of drug-likeness (QED) is 0.887. The second-order valence-electron chi connectivity index (χ2n) is 5.01. The Balaban J connectivity index is 0.00000220. The van der Waals surface area contributed by atoms with E-state index < -0.39 is 5.82 Å². The highest BCUT2D eigenvalue weighted by Crippen LogP contribution is 2.21. The van der Waals surface area contributed by atoms with E-state index in [0.29, 0.717) is 11.7 Å². The monoisotopic (exact) mass is 336 g/mol. The third-order valence-corrected chi connectivity index (χ3v) is 3.72. The van der Waals surface area contributed by atoms with E-state index in [-0.39, 0.29) is 36.0 Å². The highest BCUT2D eigenvalue weighted by molar-refractivity contribution is 6.30. The molecule has 0 saturated carbocycles. The smallest absolute Gasteiger partial charge is 0.258 e. The Morgan fingerprint density at radius 2 is 2.33 bits per heavy atom. The molecule has 1 aromatic rings. The van der Waals surface area contributed by atoms with Crippen LogP contribution in [0.4, 0.5) is 4.39 Å². The molecular weight excluding hydrogens is 318 g/mol. The number of piperidine rings is 1. The van der Waals surface area contributed by atoms with E-state index in [1.165, 1.54) is 18.2 Å². The fourth-order valence-electron chi connectivity index (χ4n) is 2.15. The number of carbonyl (C=O) groups is 1. The number of benzene rings is 1. The molecule has 1 saturated heterocycles. The van der Waals surface area contributed by atoms with Crippen molar-refractivity contribution in [3.8, 4) is 5.75 Å². The van der Waals surface area contributed by atoms with Gasteiger partial charge in [0.15, 0.2) is 6.61 Å². The molecule has 0 aromatic heterocycles. The Hall–Kier alpha value is -1.04. The maximum absolute atomic E-state index is 13.0. The van der Waals surface area contributed by atoms with Crippen molar-refractivity contribution in [2.75, 3.05) is 19.7 Å². The van der Waals surface area contributed by atoms with Crippen LogP contribution in [-0.2, 0) is 4.79 Å². The van der Waals surface area contributed by atoms with Crippen molar-refractivity contribution in [1.29, 1.82) is 0 Å². The predicted molar refractivity (Wildman–Crippen MR) is 82.7 cm³/mol. The van der Waals surface area contributed by atoms with Crippen LogP contribution in [0, 0.1) is 11.7 Å². The average Bonchev–Trinajstić information content (AvgIpc) is 2.43. The number of halogens is 3. The van der Waals surface area contributed by atoms with Gasteiger partial charge in [-0.15, -0.1) is 12.4 Å². The summed E-state index contributed by atoms with van der Waals surface area (Å²) in [5.74, 6) is 0.124. The van der Waals surface area contributed by atoms with Gasteiger partial charge in [-0.25, -0.2) is 4.39 Å². The SMILES string of the molecule is CC1CCNCC1NC(=O)COc1ccc(F)c(Cl)c1.Cl. The van der Waals surface area contributed by atoms with E-state index in [1.54, 1.807) is 0 Å². The first kappa shape index (κ1) is 18.0. The minimum Gasteiger partial charge on any atom is -0.484 e. The fraction of sp³-hybridized carbons (Fsp3) is 0.500. The Labute approximate surface area is 134 Å². The largest absolute Gasteiger partial charge is 0.484 e. The van der Waals surface area contributed by atoms with Gasteiger partial charge in [0.05, 0.1) is 5.02 Å². The van der Waals surface area contributed by atoms with Crippen molar-refractivity contribution in [3.05, 3.63) is 29.0 Å². The summed E-state index contributed by atoms with van der Waals surface area (Å²) in [5, 5.41) is 6.15. The van der Waals surface area contributed by atoms with Gasteiger partial charge in [-0.2, -0.15) is 0 Å². The Bertz CT molecular complexity index is 488. The summed E-state index contributed by atoms with van der Waals surface area (Å²) >= 11 is 5.64. The molecule has 7 heteroatoms. The summed E-state index contributed by atoms with van der Waals surface area (Å²) in [6, 6.07) is 4.13. The zero-order valence-corrected chi connectivity index (χ0v) is 13.3. The first-order valence-electron chi connectivity index (χ1n) is 6.64. The molecule has 4 nitrogen and oxygen atoms in total. The molecule has 0 bridgehead atoms. The molecule has 1 aromatic carbocycles. The number of carbonyl (C=O) groups excluding carboxylic acids is 1.